The molecule has 0 aliphatic rings. The van der Waals surface area contributed by atoms with E-state index in [1.54, 1.807) is 36.4 Å². The summed E-state index contributed by atoms with van der Waals surface area (Å²) in [6, 6.07) is 29.6. The van der Waals surface area contributed by atoms with Crippen LogP contribution in [0.3, 0.4) is 0 Å². The number of ether oxygens (including phenoxy) is 2. The highest BCUT2D eigenvalue weighted by atomic mass is 32.2. The highest BCUT2D eigenvalue weighted by Crippen LogP contribution is 2.30. The van der Waals surface area contributed by atoms with Gasteiger partial charge in [-0.05, 0) is 110 Å². The second-order valence-corrected chi connectivity index (χ2v) is 12.2. The van der Waals surface area contributed by atoms with Crippen molar-refractivity contribution in [3.05, 3.63) is 103 Å². The highest BCUT2D eigenvalue weighted by Gasteiger charge is 2.19. The Bertz CT molecular complexity index is 1440. The van der Waals surface area contributed by atoms with Gasteiger partial charge in [0.1, 0.15) is 22.8 Å². The fourth-order valence-electron chi connectivity index (χ4n) is 3.99. The van der Waals surface area contributed by atoms with Crippen LogP contribution in [0.2, 0.25) is 0 Å². The van der Waals surface area contributed by atoms with Crippen LogP contribution in [0.15, 0.2) is 107 Å². The summed E-state index contributed by atoms with van der Waals surface area (Å²) >= 11 is 0. The van der Waals surface area contributed by atoms with E-state index in [1.165, 1.54) is 0 Å². The summed E-state index contributed by atoms with van der Waals surface area (Å²) in [5.41, 5.74) is 3.11. The lowest BCUT2D eigenvalue weighted by Crippen LogP contribution is -2.26. The molecule has 4 rings (SSSR count). The smallest absolute Gasteiger partial charge is 0.206 e. The van der Waals surface area contributed by atoms with Crippen LogP contribution in [0.5, 0.6) is 17.2 Å². The van der Waals surface area contributed by atoms with Gasteiger partial charge in [0, 0.05) is 0 Å². The first-order chi connectivity index (χ1) is 18.1. The van der Waals surface area contributed by atoms with E-state index >= 15 is 0 Å². The quantitative estimate of drug-likeness (QED) is 0.206. The largest absolute Gasteiger partial charge is 0.488 e. The third-order valence-corrected chi connectivity index (χ3v) is 8.81. The molecular weight excluding hydrogens is 492 g/mol. The summed E-state index contributed by atoms with van der Waals surface area (Å²) in [6.07, 6.45) is 1.94. The van der Waals surface area contributed by atoms with Crippen molar-refractivity contribution in [3.63, 3.8) is 0 Å². The zero-order valence-corrected chi connectivity index (χ0v) is 23.6. The summed E-state index contributed by atoms with van der Waals surface area (Å²) in [5.74, 6) is 2.50. The number of rotatable bonds is 10. The Labute approximate surface area is 227 Å². The van der Waals surface area contributed by atoms with Gasteiger partial charge < -0.3 is 9.47 Å². The molecule has 0 heterocycles. The molecule has 1 atom stereocenters. The van der Waals surface area contributed by atoms with Gasteiger partial charge in [-0.15, -0.1) is 0 Å². The maximum Gasteiger partial charge on any atom is 0.206 e. The summed E-state index contributed by atoms with van der Waals surface area (Å²) in [4.78, 5) is 0.536. The van der Waals surface area contributed by atoms with E-state index in [-0.39, 0.29) is 10.5 Å². The minimum absolute atomic E-state index is 0.193. The molecule has 0 aliphatic carbocycles. The van der Waals surface area contributed by atoms with E-state index in [2.05, 4.69) is 34.6 Å². The topological polar surface area (TPSA) is 52.6 Å². The highest BCUT2D eigenvalue weighted by molar-refractivity contribution is 7.91. The monoisotopic (exact) mass is 528 g/mol. The molecule has 4 aromatic carbocycles. The molecule has 0 radical (unpaired) electrons. The van der Waals surface area contributed by atoms with Crippen LogP contribution in [-0.4, -0.2) is 14.0 Å². The Balaban J connectivity index is 1.42. The molecule has 198 valence electrons. The van der Waals surface area contributed by atoms with E-state index < -0.39 is 9.84 Å². The van der Waals surface area contributed by atoms with Crippen molar-refractivity contribution in [2.75, 3.05) is 0 Å². The summed E-state index contributed by atoms with van der Waals surface area (Å²) in [5, 5.41) is 0. The van der Waals surface area contributed by atoms with Gasteiger partial charge in [0.15, 0.2) is 0 Å². The first-order valence-electron chi connectivity index (χ1n) is 13.1. The molecule has 0 bridgehead atoms. The van der Waals surface area contributed by atoms with E-state index in [1.807, 2.05) is 60.7 Å². The standard InChI is InChI=1S/C33H36O4S/c1-6-24(3)25-12-20-31(21-13-25)38(34,35)32-22-18-29(19-23-32)36-28-14-8-26(9-15-28)27-10-16-30(17-11-27)37-33(4,5)7-2/h8-24H,6-7H2,1-5H3. The van der Waals surface area contributed by atoms with Gasteiger partial charge in [0.2, 0.25) is 9.84 Å². The van der Waals surface area contributed by atoms with Crippen LogP contribution >= 0.6 is 0 Å². The number of hydrogen-bond acceptors (Lipinski definition) is 4. The normalized spacial score (nSPS) is 12.7. The summed E-state index contributed by atoms with van der Waals surface area (Å²) < 4.78 is 38.2. The fraction of sp³-hybridized carbons (Fsp3) is 0.273. The van der Waals surface area contributed by atoms with E-state index in [4.69, 9.17) is 9.47 Å². The van der Waals surface area contributed by atoms with Crippen LogP contribution in [0.1, 0.15) is 58.9 Å². The molecular formula is C33H36O4S. The van der Waals surface area contributed by atoms with E-state index in [0.29, 0.717) is 22.3 Å². The molecule has 0 saturated heterocycles. The van der Waals surface area contributed by atoms with Crippen LogP contribution in [0, 0.1) is 0 Å². The zero-order valence-electron chi connectivity index (χ0n) is 22.8. The molecule has 0 saturated carbocycles. The van der Waals surface area contributed by atoms with Crippen LogP contribution in [-0.2, 0) is 9.84 Å². The van der Waals surface area contributed by atoms with Crippen molar-refractivity contribution < 1.29 is 17.9 Å². The fourth-order valence-corrected chi connectivity index (χ4v) is 5.25. The molecule has 0 spiro atoms. The van der Waals surface area contributed by atoms with Gasteiger partial charge in [-0.3, -0.25) is 0 Å². The summed E-state index contributed by atoms with van der Waals surface area (Å²) in [7, 11) is -3.59. The predicted molar refractivity (Wildman–Crippen MR) is 154 cm³/mol. The number of benzene rings is 4. The average molecular weight is 529 g/mol. The third-order valence-electron chi connectivity index (χ3n) is 7.03. The molecule has 0 N–H and O–H groups in total. The van der Waals surface area contributed by atoms with E-state index in [0.717, 1.165) is 35.3 Å². The molecule has 4 nitrogen and oxygen atoms in total. The van der Waals surface area contributed by atoms with Gasteiger partial charge >= 0.3 is 0 Å². The van der Waals surface area contributed by atoms with Crippen LogP contribution in [0.4, 0.5) is 0 Å². The first kappa shape index (κ1) is 27.5. The predicted octanol–water partition coefficient (Wildman–Crippen LogP) is 9.06. The Morgan fingerprint density at radius 1 is 0.658 bits per heavy atom. The molecule has 0 aliphatic heterocycles. The van der Waals surface area contributed by atoms with Gasteiger partial charge in [0.25, 0.3) is 0 Å². The van der Waals surface area contributed by atoms with Crippen molar-refractivity contribution >= 4 is 9.84 Å². The van der Waals surface area contributed by atoms with Crippen LogP contribution < -0.4 is 9.47 Å². The SMILES string of the molecule is CCC(C)c1ccc(S(=O)(=O)c2ccc(Oc3ccc(-c4ccc(OC(C)(C)CC)cc4)cc3)cc2)cc1. The van der Waals surface area contributed by atoms with Crippen molar-refractivity contribution in [2.45, 2.75) is 68.8 Å². The molecule has 0 fully saturated rings. The Morgan fingerprint density at radius 2 is 1.08 bits per heavy atom. The molecule has 1 unspecified atom stereocenters. The van der Waals surface area contributed by atoms with Gasteiger partial charge in [-0.2, -0.15) is 0 Å². The van der Waals surface area contributed by atoms with Gasteiger partial charge in [0.05, 0.1) is 9.79 Å². The second kappa shape index (κ2) is 11.4. The molecule has 0 aromatic heterocycles. The minimum Gasteiger partial charge on any atom is -0.488 e. The Morgan fingerprint density at radius 3 is 1.53 bits per heavy atom. The minimum atomic E-state index is -3.59. The molecule has 0 amide bonds. The van der Waals surface area contributed by atoms with Crippen molar-refractivity contribution in [2.24, 2.45) is 0 Å². The maximum atomic E-state index is 13.1. The van der Waals surface area contributed by atoms with Gasteiger partial charge in [-0.25, -0.2) is 8.42 Å². The van der Waals surface area contributed by atoms with Crippen LogP contribution in [0.25, 0.3) is 11.1 Å². The first-order valence-corrected chi connectivity index (χ1v) is 14.6. The van der Waals surface area contributed by atoms with Crippen molar-refractivity contribution in [3.8, 4) is 28.4 Å². The van der Waals surface area contributed by atoms with Gasteiger partial charge in [-0.1, -0.05) is 57.2 Å². The van der Waals surface area contributed by atoms with E-state index in [9.17, 15) is 8.42 Å². The van der Waals surface area contributed by atoms with Crippen molar-refractivity contribution in [1.29, 1.82) is 0 Å². The molecule has 5 heteroatoms. The lowest BCUT2D eigenvalue weighted by molar-refractivity contribution is 0.105. The number of sulfone groups is 1. The number of hydrogen-bond donors (Lipinski definition) is 0. The lowest BCUT2D eigenvalue weighted by Gasteiger charge is -2.24. The van der Waals surface area contributed by atoms with Crippen molar-refractivity contribution in [1.82, 2.24) is 0 Å². The Kier molecular flexibility index (Phi) is 8.27. The Hall–Kier alpha value is -3.57. The third kappa shape index (κ3) is 6.46. The molecule has 38 heavy (non-hydrogen) atoms. The second-order valence-electron chi connectivity index (χ2n) is 10.2. The lowest BCUT2D eigenvalue weighted by atomic mass is 9.99. The average Bonchev–Trinajstić information content (AvgIpc) is 2.94. The zero-order chi connectivity index (χ0) is 27.3. The maximum absolute atomic E-state index is 13.1. The molecule has 4 aromatic rings. The summed E-state index contributed by atoms with van der Waals surface area (Å²) in [6.45, 7) is 10.5.